The van der Waals surface area contributed by atoms with Gasteiger partial charge >= 0.3 is 6.09 Å². The minimum absolute atomic E-state index is 0.0467. The number of alkyl carbamates (subject to hydrolysis) is 1. The number of nitrogens with one attached hydrogen (secondary N) is 2. The molecule has 2 unspecified atom stereocenters. The van der Waals surface area contributed by atoms with Crippen molar-refractivity contribution in [3.63, 3.8) is 0 Å². The number of ether oxygens (including phenoxy) is 1. The van der Waals surface area contributed by atoms with Crippen LogP contribution in [-0.4, -0.2) is 35.6 Å². The van der Waals surface area contributed by atoms with E-state index in [1.807, 2.05) is 66.7 Å². The number of carbonyl (C=O) groups excluding carboxylic acids is 1. The summed E-state index contributed by atoms with van der Waals surface area (Å²) < 4.78 is 5.52. The Kier molecular flexibility index (Phi) is 6.98. The number of amides is 1. The quantitative estimate of drug-likeness (QED) is 0.272. The van der Waals surface area contributed by atoms with Crippen LogP contribution in [0.15, 0.2) is 103 Å². The largest absolute Gasteiger partial charge is 0.449 e. The molecular weight excluding hydrogens is 452 g/mol. The zero-order chi connectivity index (χ0) is 24.9. The van der Waals surface area contributed by atoms with Crippen LogP contribution in [0.3, 0.4) is 0 Å². The van der Waals surface area contributed by atoms with Crippen molar-refractivity contribution in [2.45, 2.75) is 18.1 Å². The van der Waals surface area contributed by atoms with E-state index in [9.17, 15) is 15.0 Å². The maximum absolute atomic E-state index is 12.5. The molecule has 0 fully saturated rings. The Bertz CT molecular complexity index is 1300. The predicted molar refractivity (Wildman–Crippen MR) is 140 cm³/mol. The van der Waals surface area contributed by atoms with Crippen molar-refractivity contribution in [3.8, 4) is 11.1 Å². The highest BCUT2D eigenvalue weighted by Gasteiger charge is 2.29. The van der Waals surface area contributed by atoms with Gasteiger partial charge in [-0.05, 0) is 40.5 Å². The van der Waals surface area contributed by atoms with Crippen LogP contribution in [0.4, 0.5) is 16.2 Å². The van der Waals surface area contributed by atoms with E-state index >= 15 is 0 Å². The maximum Gasteiger partial charge on any atom is 0.407 e. The standard InChI is InChI=1S/C30H28N2O4/c33-28(29(34)25-16-8-9-17-27(25)32-20-10-2-1-3-11-20)18-31-30(35)36-19-26-23-14-6-4-12-21(23)22-13-5-7-15-24(22)26/h1-17,26,28-29,32-34H,18-19H2,(H,31,35). The topological polar surface area (TPSA) is 90.8 Å². The number of para-hydroxylation sites is 2. The first-order chi connectivity index (χ1) is 17.6. The van der Waals surface area contributed by atoms with E-state index in [2.05, 4.69) is 34.9 Å². The average molecular weight is 481 g/mol. The van der Waals surface area contributed by atoms with Crippen LogP contribution in [0.25, 0.3) is 11.1 Å². The summed E-state index contributed by atoms with van der Waals surface area (Å²) in [6.07, 6.45) is -3.06. The summed E-state index contributed by atoms with van der Waals surface area (Å²) in [5, 5.41) is 27.2. The van der Waals surface area contributed by atoms with Crippen LogP contribution in [0.5, 0.6) is 0 Å². The minimum Gasteiger partial charge on any atom is -0.449 e. The molecule has 1 aliphatic carbocycles. The molecule has 1 aliphatic rings. The van der Waals surface area contributed by atoms with Crippen LogP contribution in [0, 0.1) is 0 Å². The van der Waals surface area contributed by atoms with Gasteiger partial charge in [0.25, 0.3) is 0 Å². The first-order valence-electron chi connectivity index (χ1n) is 12.0. The van der Waals surface area contributed by atoms with Crippen LogP contribution < -0.4 is 10.6 Å². The van der Waals surface area contributed by atoms with Gasteiger partial charge in [-0.3, -0.25) is 0 Å². The van der Waals surface area contributed by atoms with Gasteiger partial charge in [-0.2, -0.15) is 0 Å². The lowest BCUT2D eigenvalue weighted by Gasteiger charge is -2.22. The van der Waals surface area contributed by atoms with Crippen molar-refractivity contribution in [2.24, 2.45) is 0 Å². The molecule has 0 aliphatic heterocycles. The van der Waals surface area contributed by atoms with Crippen molar-refractivity contribution in [1.29, 1.82) is 0 Å². The summed E-state index contributed by atoms with van der Waals surface area (Å²) in [7, 11) is 0. The number of aliphatic hydroxyl groups excluding tert-OH is 2. The molecule has 0 spiro atoms. The SMILES string of the molecule is O=C(NCC(O)C(O)c1ccccc1Nc1ccccc1)OCC1c2ccccc2-c2ccccc21. The molecule has 0 saturated carbocycles. The Morgan fingerprint density at radius 2 is 1.36 bits per heavy atom. The number of anilines is 2. The second-order valence-electron chi connectivity index (χ2n) is 8.80. The molecule has 0 bridgehead atoms. The molecule has 5 rings (SSSR count). The smallest absolute Gasteiger partial charge is 0.407 e. The molecule has 4 N–H and O–H groups in total. The van der Waals surface area contributed by atoms with Crippen LogP contribution in [0.2, 0.25) is 0 Å². The summed E-state index contributed by atoms with van der Waals surface area (Å²) in [6, 6.07) is 33.0. The Balaban J connectivity index is 1.18. The van der Waals surface area contributed by atoms with Gasteiger partial charge in [-0.25, -0.2) is 4.79 Å². The molecular formula is C30H28N2O4. The molecule has 4 aromatic carbocycles. The molecule has 4 aromatic rings. The number of benzene rings is 4. The van der Waals surface area contributed by atoms with E-state index in [0.29, 0.717) is 11.3 Å². The molecule has 1 amide bonds. The zero-order valence-electron chi connectivity index (χ0n) is 19.7. The lowest BCUT2D eigenvalue weighted by Crippen LogP contribution is -2.36. The van der Waals surface area contributed by atoms with Gasteiger partial charge in [0, 0.05) is 29.4 Å². The van der Waals surface area contributed by atoms with E-state index in [4.69, 9.17) is 4.74 Å². The average Bonchev–Trinajstić information content (AvgIpc) is 3.24. The van der Waals surface area contributed by atoms with E-state index in [1.54, 1.807) is 12.1 Å². The van der Waals surface area contributed by atoms with E-state index in [-0.39, 0.29) is 19.1 Å². The summed E-state index contributed by atoms with van der Waals surface area (Å²) >= 11 is 0. The lowest BCUT2D eigenvalue weighted by molar-refractivity contribution is 0.0189. The number of fused-ring (bicyclic) bond motifs is 3. The van der Waals surface area contributed by atoms with Crippen LogP contribution >= 0.6 is 0 Å². The number of hydrogen-bond donors (Lipinski definition) is 4. The maximum atomic E-state index is 12.5. The Morgan fingerprint density at radius 3 is 2.06 bits per heavy atom. The monoisotopic (exact) mass is 480 g/mol. The summed E-state index contributed by atoms with van der Waals surface area (Å²) in [5.74, 6) is -0.0467. The van der Waals surface area contributed by atoms with Gasteiger partial charge < -0.3 is 25.6 Å². The molecule has 0 radical (unpaired) electrons. The van der Waals surface area contributed by atoms with Gasteiger partial charge in [0.05, 0.1) is 0 Å². The molecule has 0 saturated heterocycles. The van der Waals surface area contributed by atoms with Crippen molar-refractivity contribution < 1.29 is 19.7 Å². The van der Waals surface area contributed by atoms with Crippen molar-refractivity contribution >= 4 is 17.5 Å². The highest BCUT2D eigenvalue weighted by atomic mass is 16.5. The fourth-order valence-electron chi connectivity index (χ4n) is 4.70. The number of aliphatic hydroxyl groups is 2. The van der Waals surface area contributed by atoms with Gasteiger partial charge in [0.15, 0.2) is 0 Å². The van der Waals surface area contributed by atoms with E-state index in [0.717, 1.165) is 27.9 Å². The normalized spacial score (nSPS) is 13.8. The molecule has 2 atom stereocenters. The Hall–Kier alpha value is -4.13. The number of carbonyl (C=O) groups is 1. The third-order valence-corrected chi connectivity index (χ3v) is 6.50. The van der Waals surface area contributed by atoms with E-state index < -0.39 is 18.3 Å². The first kappa shape index (κ1) is 23.6. The lowest BCUT2D eigenvalue weighted by atomic mass is 9.98. The molecule has 36 heavy (non-hydrogen) atoms. The highest BCUT2D eigenvalue weighted by molar-refractivity contribution is 5.79. The van der Waals surface area contributed by atoms with Crippen molar-refractivity contribution in [2.75, 3.05) is 18.5 Å². The van der Waals surface area contributed by atoms with Crippen molar-refractivity contribution in [3.05, 3.63) is 120 Å². The molecule has 0 aromatic heterocycles. The third-order valence-electron chi connectivity index (χ3n) is 6.50. The Labute approximate surface area is 210 Å². The molecule has 182 valence electrons. The van der Waals surface area contributed by atoms with Gasteiger partial charge in [0.1, 0.15) is 18.8 Å². The second-order valence-corrected chi connectivity index (χ2v) is 8.80. The van der Waals surface area contributed by atoms with Crippen LogP contribution in [-0.2, 0) is 4.74 Å². The minimum atomic E-state index is -1.22. The fourth-order valence-corrected chi connectivity index (χ4v) is 4.70. The van der Waals surface area contributed by atoms with Gasteiger partial charge in [-0.1, -0.05) is 84.9 Å². The molecule has 6 nitrogen and oxygen atoms in total. The summed E-state index contributed by atoms with van der Waals surface area (Å²) in [5.41, 5.74) is 6.64. The van der Waals surface area contributed by atoms with Crippen LogP contribution in [0.1, 0.15) is 28.7 Å². The fraction of sp³-hybridized carbons (Fsp3) is 0.167. The van der Waals surface area contributed by atoms with E-state index in [1.165, 1.54) is 0 Å². The van der Waals surface area contributed by atoms with Gasteiger partial charge in [0.2, 0.25) is 0 Å². The number of hydrogen-bond acceptors (Lipinski definition) is 5. The second kappa shape index (κ2) is 10.6. The highest BCUT2D eigenvalue weighted by Crippen LogP contribution is 2.44. The molecule has 6 heteroatoms. The number of rotatable bonds is 8. The van der Waals surface area contributed by atoms with Gasteiger partial charge in [-0.15, -0.1) is 0 Å². The summed E-state index contributed by atoms with van der Waals surface area (Å²) in [6.45, 7) is 0.0276. The third kappa shape index (κ3) is 4.96. The molecule has 0 heterocycles. The Morgan fingerprint density at radius 1 is 0.778 bits per heavy atom. The predicted octanol–water partition coefficient (Wildman–Crippen LogP) is 5.36. The first-order valence-corrected chi connectivity index (χ1v) is 12.0. The zero-order valence-corrected chi connectivity index (χ0v) is 19.7. The van der Waals surface area contributed by atoms with Crippen molar-refractivity contribution in [1.82, 2.24) is 5.32 Å². The summed E-state index contributed by atoms with van der Waals surface area (Å²) in [4.78, 5) is 12.5.